The molecule has 7 nitrogen and oxygen atoms in total. The van der Waals surface area contributed by atoms with Crippen LogP contribution < -0.4 is 11.1 Å². The number of likely N-dealkylation sites (tertiary alicyclic amines) is 1. The lowest BCUT2D eigenvalue weighted by Gasteiger charge is -2.32. The molecule has 1 aromatic rings. The van der Waals surface area contributed by atoms with Crippen LogP contribution in [-0.4, -0.2) is 41.9 Å². The van der Waals surface area contributed by atoms with E-state index in [1.165, 1.54) is 12.1 Å². The van der Waals surface area contributed by atoms with Crippen molar-refractivity contribution in [2.75, 3.05) is 26.2 Å². The molecule has 0 aromatic heterocycles. The summed E-state index contributed by atoms with van der Waals surface area (Å²) < 4.78 is 0. The van der Waals surface area contributed by atoms with Crippen LogP contribution in [0, 0.1) is 16.0 Å². The number of hydrogen-bond donors (Lipinski definition) is 2. The molecule has 1 aliphatic rings. The van der Waals surface area contributed by atoms with Crippen molar-refractivity contribution in [3.63, 3.8) is 0 Å². The fourth-order valence-corrected chi connectivity index (χ4v) is 3.01. The third kappa shape index (κ3) is 5.59. The van der Waals surface area contributed by atoms with Crippen LogP contribution in [0.2, 0.25) is 5.02 Å². The summed E-state index contributed by atoms with van der Waals surface area (Å²) in [4.78, 5) is 24.5. The van der Waals surface area contributed by atoms with Crippen LogP contribution in [0.1, 0.15) is 18.4 Å². The number of nitrogens with one attached hydrogen (secondary N) is 1. The SMILES string of the molecule is Cl.NCCNC(=O)C1CCCN(Cc2ccc([N+](=O)[O-])cc2Cl)C1. The molecule has 0 aliphatic carbocycles. The van der Waals surface area contributed by atoms with E-state index in [1.807, 2.05) is 0 Å². The van der Waals surface area contributed by atoms with E-state index < -0.39 is 4.92 Å². The van der Waals surface area contributed by atoms with Crippen molar-refractivity contribution in [1.29, 1.82) is 0 Å². The average molecular weight is 377 g/mol. The van der Waals surface area contributed by atoms with Gasteiger partial charge in [-0.1, -0.05) is 11.6 Å². The molecule has 1 amide bonds. The highest BCUT2D eigenvalue weighted by molar-refractivity contribution is 6.31. The first kappa shape index (κ1) is 20.6. The molecule has 3 N–H and O–H groups in total. The Bertz CT molecular complexity index is 586. The number of hydrogen-bond acceptors (Lipinski definition) is 5. The van der Waals surface area contributed by atoms with Crippen molar-refractivity contribution in [2.45, 2.75) is 19.4 Å². The van der Waals surface area contributed by atoms with Crippen LogP contribution in [0.4, 0.5) is 5.69 Å². The zero-order chi connectivity index (χ0) is 16.8. The van der Waals surface area contributed by atoms with E-state index in [2.05, 4.69) is 10.2 Å². The predicted molar refractivity (Wildman–Crippen MR) is 95.4 cm³/mol. The minimum absolute atomic E-state index is 0. The number of nitrogens with zero attached hydrogens (tertiary/aromatic N) is 2. The molecule has 1 unspecified atom stereocenters. The average Bonchev–Trinajstić information content (AvgIpc) is 2.54. The zero-order valence-electron chi connectivity index (χ0n) is 13.2. The van der Waals surface area contributed by atoms with Gasteiger partial charge in [0, 0.05) is 38.3 Å². The smallest absolute Gasteiger partial charge is 0.270 e. The van der Waals surface area contributed by atoms with Crippen LogP contribution in [0.25, 0.3) is 0 Å². The fraction of sp³-hybridized carbons (Fsp3) is 0.533. The summed E-state index contributed by atoms with van der Waals surface area (Å²) in [6.07, 6.45) is 1.80. The molecule has 0 spiro atoms. The lowest BCUT2D eigenvalue weighted by Crippen LogP contribution is -2.43. The van der Waals surface area contributed by atoms with Gasteiger partial charge in [0.05, 0.1) is 15.9 Å². The van der Waals surface area contributed by atoms with Crippen LogP contribution >= 0.6 is 24.0 Å². The van der Waals surface area contributed by atoms with E-state index in [-0.39, 0.29) is 29.9 Å². The van der Waals surface area contributed by atoms with E-state index in [0.29, 0.717) is 31.2 Å². The number of halogens is 2. The van der Waals surface area contributed by atoms with Gasteiger partial charge >= 0.3 is 0 Å². The van der Waals surface area contributed by atoms with Gasteiger partial charge in [-0.3, -0.25) is 19.8 Å². The molecule has 0 saturated carbocycles. The van der Waals surface area contributed by atoms with Gasteiger partial charge in [0.2, 0.25) is 5.91 Å². The Balaban J connectivity index is 0.00000288. The Hall–Kier alpha value is -1.41. The third-order valence-corrected chi connectivity index (χ3v) is 4.31. The number of nitrogens with two attached hydrogens (primary N) is 1. The molecule has 1 saturated heterocycles. The standard InChI is InChI=1S/C15H21ClN4O3.ClH/c16-14-8-13(20(22)23)4-3-11(14)9-19-7-1-2-12(10-19)15(21)18-6-5-17;/h3-4,8,12H,1-2,5-7,9-10,17H2,(H,18,21);1H. The van der Waals surface area contributed by atoms with Crippen molar-refractivity contribution in [3.05, 3.63) is 38.9 Å². The van der Waals surface area contributed by atoms with Gasteiger partial charge in [-0.05, 0) is 31.0 Å². The number of nitro groups is 1. The second-order valence-corrected chi connectivity index (χ2v) is 6.09. The highest BCUT2D eigenvalue weighted by atomic mass is 35.5. The Morgan fingerprint density at radius 2 is 2.25 bits per heavy atom. The lowest BCUT2D eigenvalue weighted by molar-refractivity contribution is -0.384. The molecule has 0 bridgehead atoms. The summed E-state index contributed by atoms with van der Waals surface area (Å²) >= 11 is 6.14. The van der Waals surface area contributed by atoms with Crippen molar-refractivity contribution in [2.24, 2.45) is 11.7 Å². The first-order valence-electron chi connectivity index (χ1n) is 7.64. The van der Waals surface area contributed by atoms with Gasteiger partial charge in [0.1, 0.15) is 0 Å². The molecule has 1 heterocycles. The Morgan fingerprint density at radius 3 is 2.88 bits per heavy atom. The first-order valence-corrected chi connectivity index (χ1v) is 8.02. The van der Waals surface area contributed by atoms with Crippen LogP contribution in [0.3, 0.4) is 0 Å². The molecule has 134 valence electrons. The number of carbonyl (C=O) groups excluding carboxylic acids is 1. The van der Waals surface area contributed by atoms with Crippen molar-refractivity contribution < 1.29 is 9.72 Å². The van der Waals surface area contributed by atoms with Gasteiger partial charge < -0.3 is 11.1 Å². The van der Waals surface area contributed by atoms with Crippen molar-refractivity contribution in [3.8, 4) is 0 Å². The number of carbonyl (C=O) groups is 1. The summed E-state index contributed by atoms with van der Waals surface area (Å²) in [5, 5.41) is 14.0. The van der Waals surface area contributed by atoms with Crippen LogP contribution in [0.5, 0.6) is 0 Å². The Kier molecular flexibility index (Phi) is 8.41. The Labute approximate surface area is 152 Å². The van der Waals surface area contributed by atoms with Gasteiger partial charge in [-0.25, -0.2) is 0 Å². The van der Waals surface area contributed by atoms with E-state index >= 15 is 0 Å². The van der Waals surface area contributed by atoms with E-state index in [4.69, 9.17) is 17.3 Å². The molecular formula is C15H22Cl2N4O3. The summed E-state index contributed by atoms with van der Waals surface area (Å²) in [5.41, 5.74) is 6.21. The van der Waals surface area contributed by atoms with Crippen molar-refractivity contribution in [1.82, 2.24) is 10.2 Å². The lowest BCUT2D eigenvalue weighted by atomic mass is 9.96. The summed E-state index contributed by atoms with van der Waals surface area (Å²) in [7, 11) is 0. The number of benzene rings is 1. The molecular weight excluding hydrogens is 355 g/mol. The van der Waals surface area contributed by atoms with Crippen molar-refractivity contribution >= 4 is 35.6 Å². The van der Waals surface area contributed by atoms with E-state index in [1.54, 1.807) is 6.07 Å². The first-order chi connectivity index (χ1) is 11.0. The van der Waals surface area contributed by atoms with E-state index in [9.17, 15) is 14.9 Å². The Morgan fingerprint density at radius 1 is 1.50 bits per heavy atom. The highest BCUT2D eigenvalue weighted by Gasteiger charge is 2.26. The number of amides is 1. The van der Waals surface area contributed by atoms with Gasteiger partial charge in [0.15, 0.2) is 0 Å². The minimum Gasteiger partial charge on any atom is -0.355 e. The predicted octanol–water partition coefficient (Wildman–Crippen LogP) is 1.96. The van der Waals surface area contributed by atoms with E-state index in [0.717, 1.165) is 24.9 Å². The molecule has 2 rings (SSSR count). The number of rotatable bonds is 6. The largest absolute Gasteiger partial charge is 0.355 e. The molecule has 24 heavy (non-hydrogen) atoms. The van der Waals surface area contributed by atoms with Crippen LogP contribution in [0.15, 0.2) is 18.2 Å². The van der Waals surface area contributed by atoms with Gasteiger partial charge in [0.25, 0.3) is 5.69 Å². The molecule has 1 aliphatic heterocycles. The third-order valence-electron chi connectivity index (χ3n) is 3.96. The molecule has 9 heteroatoms. The summed E-state index contributed by atoms with van der Waals surface area (Å²) in [5.74, 6) is -0.0120. The second-order valence-electron chi connectivity index (χ2n) is 5.69. The monoisotopic (exact) mass is 376 g/mol. The molecule has 0 radical (unpaired) electrons. The number of non-ortho nitro benzene ring substituents is 1. The molecule has 1 aromatic carbocycles. The van der Waals surface area contributed by atoms with Gasteiger partial charge in [-0.15, -0.1) is 12.4 Å². The molecule has 1 atom stereocenters. The zero-order valence-corrected chi connectivity index (χ0v) is 14.8. The highest BCUT2D eigenvalue weighted by Crippen LogP contribution is 2.25. The number of piperidine rings is 1. The summed E-state index contributed by atoms with van der Waals surface area (Å²) in [6.45, 7) is 3.04. The van der Waals surface area contributed by atoms with Gasteiger partial charge in [-0.2, -0.15) is 0 Å². The minimum atomic E-state index is -0.464. The maximum Gasteiger partial charge on any atom is 0.270 e. The maximum absolute atomic E-state index is 12.0. The second kappa shape index (κ2) is 9.78. The topological polar surface area (TPSA) is 102 Å². The number of nitro benzene ring substituents is 1. The quantitative estimate of drug-likeness (QED) is 0.583. The summed E-state index contributed by atoms with van der Waals surface area (Å²) in [6, 6.07) is 4.50. The van der Waals surface area contributed by atoms with Crippen LogP contribution in [-0.2, 0) is 11.3 Å². The molecule has 1 fully saturated rings. The normalized spacial score (nSPS) is 17.8. The fourth-order valence-electron chi connectivity index (χ4n) is 2.77. The maximum atomic E-state index is 12.0.